The quantitative estimate of drug-likeness (QED) is 0.825. The van der Waals surface area contributed by atoms with E-state index < -0.39 is 6.10 Å². The molecule has 0 radical (unpaired) electrons. The van der Waals surface area contributed by atoms with Gasteiger partial charge in [0.15, 0.2) is 0 Å². The molecule has 0 amide bonds. The first-order chi connectivity index (χ1) is 10.1. The van der Waals surface area contributed by atoms with Crippen molar-refractivity contribution >= 4 is 11.6 Å². The molecule has 0 aliphatic rings. The third-order valence-electron chi connectivity index (χ3n) is 3.10. The zero-order chi connectivity index (χ0) is 15.1. The monoisotopic (exact) mass is 305 g/mol. The fraction of sp³-hybridized carbons (Fsp3) is 0.294. The molecule has 2 aromatic carbocycles. The second kappa shape index (κ2) is 8.03. The van der Waals surface area contributed by atoms with Gasteiger partial charge in [0.1, 0.15) is 18.5 Å². The molecule has 0 aromatic heterocycles. The predicted octanol–water partition coefficient (Wildman–Crippen LogP) is 3.18. The Kier molecular flexibility index (Phi) is 6.05. The number of benzene rings is 2. The molecule has 1 atom stereocenters. The normalized spacial score (nSPS) is 12.1. The molecule has 3 nitrogen and oxygen atoms in total. The minimum Gasteiger partial charge on any atom is -0.489 e. The highest BCUT2D eigenvalue weighted by atomic mass is 35.5. The molecule has 21 heavy (non-hydrogen) atoms. The van der Waals surface area contributed by atoms with Gasteiger partial charge in [-0.25, -0.2) is 0 Å². The average molecular weight is 306 g/mol. The van der Waals surface area contributed by atoms with E-state index in [1.807, 2.05) is 12.1 Å². The van der Waals surface area contributed by atoms with Crippen molar-refractivity contribution in [3.05, 3.63) is 64.7 Å². The van der Waals surface area contributed by atoms with Gasteiger partial charge in [0.05, 0.1) is 5.02 Å². The van der Waals surface area contributed by atoms with Crippen LogP contribution < -0.4 is 10.1 Å². The van der Waals surface area contributed by atoms with Crippen LogP contribution in [0.3, 0.4) is 0 Å². The van der Waals surface area contributed by atoms with Crippen molar-refractivity contribution in [3.63, 3.8) is 0 Å². The fourth-order valence-corrected chi connectivity index (χ4v) is 2.09. The molecule has 0 aliphatic heterocycles. The Labute approximate surface area is 130 Å². The van der Waals surface area contributed by atoms with E-state index in [-0.39, 0.29) is 6.61 Å². The van der Waals surface area contributed by atoms with Crippen molar-refractivity contribution in [3.8, 4) is 5.75 Å². The maximum Gasteiger partial charge on any atom is 0.138 e. The van der Waals surface area contributed by atoms with Crippen molar-refractivity contribution in [2.24, 2.45) is 0 Å². The summed E-state index contributed by atoms with van der Waals surface area (Å²) >= 11 is 5.98. The van der Waals surface area contributed by atoms with Crippen molar-refractivity contribution in [2.75, 3.05) is 13.2 Å². The maximum absolute atomic E-state index is 9.89. The minimum atomic E-state index is -0.577. The van der Waals surface area contributed by atoms with Gasteiger partial charge in [0.25, 0.3) is 0 Å². The number of aryl methyl sites for hydroxylation is 1. The van der Waals surface area contributed by atoms with E-state index in [4.69, 9.17) is 16.3 Å². The van der Waals surface area contributed by atoms with Gasteiger partial charge in [-0.05, 0) is 24.6 Å². The van der Waals surface area contributed by atoms with Crippen LogP contribution in [0.1, 0.15) is 11.1 Å². The molecule has 0 bridgehead atoms. The van der Waals surface area contributed by atoms with Gasteiger partial charge in [0.2, 0.25) is 0 Å². The van der Waals surface area contributed by atoms with Crippen molar-refractivity contribution in [1.82, 2.24) is 5.32 Å². The largest absolute Gasteiger partial charge is 0.489 e. The number of ether oxygens (including phenoxy) is 1. The lowest BCUT2D eigenvalue weighted by Gasteiger charge is -2.14. The molecule has 0 fully saturated rings. The van der Waals surface area contributed by atoms with E-state index in [0.29, 0.717) is 17.3 Å². The molecule has 0 saturated heterocycles. The number of aliphatic hydroxyl groups excluding tert-OH is 1. The Morgan fingerprint density at radius 2 is 1.86 bits per heavy atom. The van der Waals surface area contributed by atoms with E-state index in [1.165, 1.54) is 11.1 Å². The van der Waals surface area contributed by atoms with Gasteiger partial charge >= 0.3 is 0 Å². The van der Waals surface area contributed by atoms with Crippen molar-refractivity contribution < 1.29 is 9.84 Å². The van der Waals surface area contributed by atoms with Crippen LogP contribution >= 0.6 is 11.6 Å². The number of hydrogen-bond donors (Lipinski definition) is 2. The zero-order valence-corrected chi connectivity index (χ0v) is 12.8. The van der Waals surface area contributed by atoms with Crippen LogP contribution in [0.4, 0.5) is 0 Å². The van der Waals surface area contributed by atoms with Crippen LogP contribution in [0.15, 0.2) is 48.5 Å². The first-order valence-electron chi connectivity index (χ1n) is 6.97. The Hall–Kier alpha value is -1.55. The number of halogens is 1. The molecular weight excluding hydrogens is 286 g/mol. The van der Waals surface area contributed by atoms with Crippen LogP contribution in [-0.4, -0.2) is 24.4 Å². The first kappa shape index (κ1) is 15.8. The van der Waals surface area contributed by atoms with Gasteiger partial charge in [-0.15, -0.1) is 0 Å². The van der Waals surface area contributed by atoms with Gasteiger partial charge in [-0.1, -0.05) is 53.6 Å². The molecule has 0 spiro atoms. The van der Waals surface area contributed by atoms with Crippen LogP contribution in [0.5, 0.6) is 5.75 Å². The summed E-state index contributed by atoms with van der Waals surface area (Å²) in [6, 6.07) is 15.6. The summed E-state index contributed by atoms with van der Waals surface area (Å²) in [6.07, 6.45) is -0.577. The highest BCUT2D eigenvalue weighted by molar-refractivity contribution is 6.32. The number of hydrogen-bond acceptors (Lipinski definition) is 3. The predicted molar refractivity (Wildman–Crippen MR) is 85.8 cm³/mol. The second-order valence-electron chi connectivity index (χ2n) is 5.01. The van der Waals surface area contributed by atoms with Crippen LogP contribution in [0.2, 0.25) is 5.02 Å². The number of para-hydroxylation sites is 1. The molecule has 0 aliphatic carbocycles. The lowest BCUT2D eigenvalue weighted by molar-refractivity contribution is 0.106. The Balaban J connectivity index is 1.69. The molecule has 112 valence electrons. The summed E-state index contributed by atoms with van der Waals surface area (Å²) in [5.74, 6) is 0.594. The van der Waals surface area contributed by atoms with Gasteiger partial charge in [-0.3, -0.25) is 0 Å². The smallest absolute Gasteiger partial charge is 0.138 e. The van der Waals surface area contributed by atoms with E-state index in [0.717, 1.165) is 6.54 Å². The lowest BCUT2D eigenvalue weighted by Crippen LogP contribution is -2.31. The van der Waals surface area contributed by atoms with Crippen LogP contribution in [0.25, 0.3) is 0 Å². The average Bonchev–Trinajstić information content (AvgIpc) is 2.48. The molecule has 1 unspecified atom stereocenters. The van der Waals surface area contributed by atoms with Crippen LogP contribution in [0, 0.1) is 6.92 Å². The SMILES string of the molecule is Cc1ccc(CNCC(O)COc2ccccc2Cl)cc1. The summed E-state index contributed by atoms with van der Waals surface area (Å²) in [6.45, 7) is 3.47. The van der Waals surface area contributed by atoms with Crippen molar-refractivity contribution in [2.45, 2.75) is 19.6 Å². The number of aliphatic hydroxyl groups is 1. The summed E-state index contributed by atoms with van der Waals surface area (Å²) in [7, 11) is 0. The zero-order valence-electron chi connectivity index (χ0n) is 12.1. The molecule has 0 saturated carbocycles. The highest BCUT2D eigenvalue weighted by Gasteiger charge is 2.06. The lowest BCUT2D eigenvalue weighted by atomic mass is 10.1. The second-order valence-corrected chi connectivity index (χ2v) is 5.42. The first-order valence-corrected chi connectivity index (χ1v) is 7.34. The molecule has 2 aromatic rings. The van der Waals surface area contributed by atoms with E-state index >= 15 is 0 Å². The van der Waals surface area contributed by atoms with E-state index in [2.05, 4.69) is 36.5 Å². The van der Waals surface area contributed by atoms with Gasteiger partial charge in [0, 0.05) is 13.1 Å². The summed E-state index contributed by atoms with van der Waals surface area (Å²) in [5.41, 5.74) is 2.44. The van der Waals surface area contributed by atoms with E-state index in [1.54, 1.807) is 12.1 Å². The van der Waals surface area contributed by atoms with Crippen LogP contribution in [-0.2, 0) is 6.54 Å². The molecule has 4 heteroatoms. The standard InChI is InChI=1S/C17H20ClNO2/c1-13-6-8-14(9-7-13)10-19-11-15(20)12-21-17-5-3-2-4-16(17)18/h2-9,15,19-20H,10-12H2,1H3. The third-order valence-corrected chi connectivity index (χ3v) is 3.41. The van der Waals surface area contributed by atoms with Gasteiger partial charge in [-0.2, -0.15) is 0 Å². The van der Waals surface area contributed by atoms with Gasteiger partial charge < -0.3 is 15.2 Å². The molecule has 0 heterocycles. The number of rotatable bonds is 7. The van der Waals surface area contributed by atoms with Crippen molar-refractivity contribution in [1.29, 1.82) is 0 Å². The highest BCUT2D eigenvalue weighted by Crippen LogP contribution is 2.23. The Bertz CT molecular complexity index is 557. The summed E-state index contributed by atoms with van der Waals surface area (Å²) in [5, 5.41) is 13.7. The summed E-state index contributed by atoms with van der Waals surface area (Å²) in [4.78, 5) is 0. The fourth-order valence-electron chi connectivity index (χ4n) is 1.90. The topological polar surface area (TPSA) is 41.5 Å². The Morgan fingerprint density at radius 1 is 1.14 bits per heavy atom. The third kappa shape index (κ3) is 5.38. The maximum atomic E-state index is 9.89. The Morgan fingerprint density at radius 3 is 2.57 bits per heavy atom. The minimum absolute atomic E-state index is 0.213. The molecular formula is C17H20ClNO2. The number of nitrogens with one attached hydrogen (secondary N) is 1. The van der Waals surface area contributed by atoms with E-state index in [9.17, 15) is 5.11 Å². The summed E-state index contributed by atoms with van der Waals surface area (Å²) < 4.78 is 5.50. The molecule has 2 rings (SSSR count). The molecule has 2 N–H and O–H groups in total.